The number of benzene rings is 1. The first-order valence-electron chi connectivity index (χ1n) is 6.35. The molecule has 0 aromatic heterocycles. The molecule has 1 aromatic rings. The third kappa shape index (κ3) is 1.78. The van der Waals surface area contributed by atoms with Gasteiger partial charge in [0.25, 0.3) is 0 Å². The summed E-state index contributed by atoms with van der Waals surface area (Å²) in [5.74, 6) is 1.80. The second-order valence-corrected chi connectivity index (χ2v) is 5.21. The fraction of sp³-hybridized carbons (Fsp3) is 0.571. The molecule has 0 radical (unpaired) electrons. The van der Waals surface area contributed by atoms with Gasteiger partial charge in [0.05, 0.1) is 7.11 Å². The van der Waals surface area contributed by atoms with Crippen molar-refractivity contribution in [3.63, 3.8) is 0 Å². The van der Waals surface area contributed by atoms with E-state index in [2.05, 4.69) is 0 Å². The van der Waals surface area contributed by atoms with Crippen LogP contribution in [0.3, 0.4) is 0 Å². The molecular formula is C14H19NO2. The summed E-state index contributed by atoms with van der Waals surface area (Å²) in [4.78, 5) is 0. The summed E-state index contributed by atoms with van der Waals surface area (Å²) in [6, 6.07) is 6.01. The van der Waals surface area contributed by atoms with Crippen LogP contribution in [0, 0.1) is 0 Å². The predicted octanol–water partition coefficient (Wildman–Crippen LogP) is 2.79. The molecule has 1 heterocycles. The quantitative estimate of drug-likeness (QED) is 0.811. The van der Waals surface area contributed by atoms with E-state index in [9.17, 15) is 0 Å². The van der Waals surface area contributed by atoms with Crippen molar-refractivity contribution >= 4 is 0 Å². The summed E-state index contributed by atoms with van der Waals surface area (Å²) >= 11 is 0. The van der Waals surface area contributed by atoms with E-state index in [-0.39, 0.29) is 11.6 Å². The van der Waals surface area contributed by atoms with Gasteiger partial charge in [-0.15, -0.1) is 0 Å². The molecule has 0 bridgehead atoms. The van der Waals surface area contributed by atoms with E-state index in [1.807, 2.05) is 18.2 Å². The molecule has 3 nitrogen and oxygen atoms in total. The fourth-order valence-corrected chi connectivity index (χ4v) is 3.15. The maximum absolute atomic E-state index is 6.29. The second kappa shape index (κ2) is 3.91. The van der Waals surface area contributed by atoms with Crippen molar-refractivity contribution in [3.05, 3.63) is 23.8 Å². The minimum absolute atomic E-state index is 0.0149. The second-order valence-electron chi connectivity index (χ2n) is 5.21. The molecule has 1 saturated carbocycles. The zero-order valence-electron chi connectivity index (χ0n) is 10.2. The number of fused-ring (bicyclic) bond motifs is 1. The molecule has 1 aliphatic heterocycles. The van der Waals surface area contributed by atoms with Crippen molar-refractivity contribution in [2.45, 2.75) is 43.7 Å². The number of rotatable bonds is 1. The van der Waals surface area contributed by atoms with Gasteiger partial charge >= 0.3 is 0 Å². The van der Waals surface area contributed by atoms with Crippen LogP contribution in [-0.2, 0) is 0 Å². The smallest absolute Gasteiger partial charge is 0.125 e. The van der Waals surface area contributed by atoms with Crippen LogP contribution >= 0.6 is 0 Å². The lowest BCUT2D eigenvalue weighted by Crippen LogP contribution is -2.40. The lowest BCUT2D eigenvalue weighted by molar-refractivity contribution is 0.0425. The van der Waals surface area contributed by atoms with Crippen LogP contribution in [0.2, 0.25) is 0 Å². The van der Waals surface area contributed by atoms with Gasteiger partial charge in [-0.2, -0.15) is 0 Å². The van der Waals surface area contributed by atoms with Crippen LogP contribution in [0.4, 0.5) is 0 Å². The third-order valence-electron chi connectivity index (χ3n) is 4.05. The van der Waals surface area contributed by atoms with Gasteiger partial charge in [-0.1, -0.05) is 0 Å². The molecule has 0 unspecified atom stereocenters. The topological polar surface area (TPSA) is 44.5 Å². The Kier molecular flexibility index (Phi) is 2.51. The highest BCUT2D eigenvalue weighted by Gasteiger charge is 2.42. The average molecular weight is 233 g/mol. The van der Waals surface area contributed by atoms with Gasteiger partial charge in [0, 0.05) is 18.0 Å². The van der Waals surface area contributed by atoms with E-state index < -0.39 is 0 Å². The summed E-state index contributed by atoms with van der Waals surface area (Å²) in [6.07, 6.45) is 5.75. The Morgan fingerprint density at radius 1 is 1.35 bits per heavy atom. The number of hydrogen-bond donors (Lipinski definition) is 1. The van der Waals surface area contributed by atoms with E-state index >= 15 is 0 Å². The van der Waals surface area contributed by atoms with E-state index in [1.165, 1.54) is 12.8 Å². The minimum Gasteiger partial charge on any atom is -0.497 e. The summed E-state index contributed by atoms with van der Waals surface area (Å²) < 4.78 is 11.4. The van der Waals surface area contributed by atoms with Crippen LogP contribution in [-0.4, -0.2) is 12.7 Å². The van der Waals surface area contributed by atoms with Crippen LogP contribution in [0.5, 0.6) is 11.5 Å². The summed E-state index contributed by atoms with van der Waals surface area (Å²) in [5, 5.41) is 0. The van der Waals surface area contributed by atoms with Crippen LogP contribution in [0.1, 0.15) is 43.7 Å². The number of ether oxygens (including phenoxy) is 2. The molecule has 0 amide bonds. The van der Waals surface area contributed by atoms with Gasteiger partial charge in [0.2, 0.25) is 0 Å². The zero-order valence-corrected chi connectivity index (χ0v) is 10.2. The number of nitrogens with two attached hydrogens (primary N) is 1. The van der Waals surface area contributed by atoms with Gasteiger partial charge < -0.3 is 15.2 Å². The van der Waals surface area contributed by atoms with Gasteiger partial charge in [-0.05, 0) is 43.9 Å². The lowest BCUT2D eigenvalue weighted by atomic mass is 9.86. The Morgan fingerprint density at radius 2 is 2.12 bits per heavy atom. The van der Waals surface area contributed by atoms with Crippen molar-refractivity contribution in [2.24, 2.45) is 5.73 Å². The van der Waals surface area contributed by atoms with E-state index in [1.54, 1.807) is 7.11 Å². The van der Waals surface area contributed by atoms with E-state index in [0.717, 1.165) is 36.3 Å². The lowest BCUT2D eigenvalue weighted by Gasteiger charge is -2.38. The van der Waals surface area contributed by atoms with Crippen LogP contribution in [0.15, 0.2) is 18.2 Å². The average Bonchev–Trinajstić information content (AvgIpc) is 2.77. The van der Waals surface area contributed by atoms with Crippen LogP contribution in [0.25, 0.3) is 0 Å². The summed E-state index contributed by atoms with van der Waals surface area (Å²) in [6.45, 7) is 0. The van der Waals surface area contributed by atoms with Crippen molar-refractivity contribution in [1.29, 1.82) is 0 Å². The monoisotopic (exact) mass is 233 g/mol. The van der Waals surface area contributed by atoms with Crippen molar-refractivity contribution in [3.8, 4) is 11.5 Å². The Hall–Kier alpha value is -1.22. The molecule has 92 valence electrons. The normalized spacial score (nSPS) is 25.4. The highest BCUT2D eigenvalue weighted by molar-refractivity contribution is 5.44. The first kappa shape index (κ1) is 10.9. The Labute approximate surface area is 102 Å². The maximum Gasteiger partial charge on any atom is 0.125 e. The number of methoxy groups -OCH3 is 1. The van der Waals surface area contributed by atoms with E-state index in [4.69, 9.17) is 15.2 Å². The molecule has 1 aromatic carbocycles. The predicted molar refractivity (Wildman–Crippen MR) is 66.4 cm³/mol. The SMILES string of the molecule is COc1ccc2c(c1)[C@@H](N)CC1(CCCC1)O2. The molecule has 1 spiro atoms. The molecule has 17 heavy (non-hydrogen) atoms. The Morgan fingerprint density at radius 3 is 2.82 bits per heavy atom. The molecule has 1 atom stereocenters. The fourth-order valence-electron chi connectivity index (χ4n) is 3.15. The maximum atomic E-state index is 6.29. The summed E-state index contributed by atoms with van der Waals surface area (Å²) in [5.41, 5.74) is 7.39. The third-order valence-corrected chi connectivity index (χ3v) is 4.05. The Balaban J connectivity index is 1.96. The standard InChI is InChI=1S/C14H19NO2/c1-16-10-4-5-13-11(8-10)12(15)9-14(17-13)6-2-3-7-14/h4-5,8,12H,2-3,6-7,9,15H2,1H3/t12-/m0/s1. The molecule has 2 N–H and O–H groups in total. The van der Waals surface area contributed by atoms with Gasteiger partial charge in [0.15, 0.2) is 0 Å². The van der Waals surface area contributed by atoms with Gasteiger partial charge in [0.1, 0.15) is 17.1 Å². The van der Waals surface area contributed by atoms with Gasteiger partial charge in [-0.3, -0.25) is 0 Å². The first-order valence-corrected chi connectivity index (χ1v) is 6.35. The highest BCUT2D eigenvalue weighted by Crippen LogP contribution is 2.46. The highest BCUT2D eigenvalue weighted by atomic mass is 16.5. The molecule has 2 aliphatic rings. The van der Waals surface area contributed by atoms with Crippen LogP contribution < -0.4 is 15.2 Å². The number of hydrogen-bond acceptors (Lipinski definition) is 3. The Bertz CT molecular complexity index is 424. The van der Waals surface area contributed by atoms with Crippen molar-refractivity contribution < 1.29 is 9.47 Å². The largest absolute Gasteiger partial charge is 0.497 e. The molecule has 3 heteroatoms. The van der Waals surface area contributed by atoms with Gasteiger partial charge in [-0.25, -0.2) is 0 Å². The minimum atomic E-state index is 0.0149. The molecule has 0 saturated heterocycles. The first-order chi connectivity index (χ1) is 8.22. The molecular weight excluding hydrogens is 214 g/mol. The molecule has 3 rings (SSSR count). The van der Waals surface area contributed by atoms with E-state index in [0.29, 0.717) is 0 Å². The van der Waals surface area contributed by atoms with Crippen molar-refractivity contribution in [2.75, 3.05) is 7.11 Å². The summed E-state index contributed by atoms with van der Waals surface area (Å²) in [7, 11) is 1.68. The zero-order chi connectivity index (χ0) is 11.9. The molecule has 1 fully saturated rings. The molecule has 1 aliphatic carbocycles. The van der Waals surface area contributed by atoms with Crippen molar-refractivity contribution in [1.82, 2.24) is 0 Å².